The van der Waals surface area contributed by atoms with Gasteiger partial charge in [0.15, 0.2) is 0 Å². The molecule has 25 heavy (non-hydrogen) atoms. The number of benzene rings is 1. The van der Waals surface area contributed by atoms with Crippen LogP contribution in [0.3, 0.4) is 0 Å². The van der Waals surface area contributed by atoms with E-state index in [4.69, 9.17) is 16.3 Å². The molecule has 0 radical (unpaired) electrons. The monoisotopic (exact) mass is 362 g/mol. The van der Waals surface area contributed by atoms with Crippen molar-refractivity contribution in [3.63, 3.8) is 0 Å². The van der Waals surface area contributed by atoms with Gasteiger partial charge in [0, 0.05) is 25.1 Å². The van der Waals surface area contributed by atoms with Gasteiger partial charge in [-0.3, -0.25) is 9.59 Å². The van der Waals surface area contributed by atoms with Crippen molar-refractivity contribution in [2.45, 2.75) is 19.4 Å². The predicted octanol–water partition coefficient (Wildman–Crippen LogP) is 2.09. The van der Waals surface area contributed by atoms with Crippen LogP contribution in [0.4, 0.5) is 0 Å². The summed E-state index contributed by atoms with van der Waals surface area (Å²) in [5, 5.41) is 12.1. The first kappa shape index (κ1) is 18.4. The van der Waals surface area contributed by atoms with Crippen molar-refractivity contribution in [2.24, 2.45) is 0 Å². The summed E-state index contributed by atoms with van der Waals surface area (Å²) in [7, 11) is 0. The molecule has 0 unspecified atom stereocenters. The summed E-state index contributed by atoms with van der Waals surface area (Å²) in [6.07, 6.45) is 1.52. The molecule has 1 aromatic heterocycles. The van der Waals surface area contributed by atoms with E-state index in [1.807, 2.05) is 0 Å². The lowest BCUT2D eigenvalue weighted by Crippen LogP contribution is -2.42. The molecule has 7 nitrogen and oxygen atoms in total. The van der Waals surface area contributed by atoms with E-state index < -0.39 is 23.9 Å². The number of hydrogen-bond donors (Lipinski definition) is 2. The SMILES string of the molecule is CC(=O)Oc1ccc(C(=O)N[C@H](Cc2ccc(Cl)nc2)C(=O)O)cc1. The van der Waals surface area contributed by atoms with Crippen LogP contribution in [-0.2, 0) is 16.0 Å². The Hall–Kier alpha value is -2.93. The molecule has 0 aliphatic heterocycles. The molecular formula is C17H15ClN2O5. The van der Waals surface area contributed by atoms with Gasteiger partial charge in [0.1, 0.15) is 16.9 Å². The maximum atomic E-state index is 12.2. The highest BCUT2D eigenvalue weighted by molar-refractivity contribution is 6.29. The number of hydrogen-bond acceptors (Lipinski definition) is 5. The van der Waals surface area contributed by atoms with Crippen LogP contribution in [0.1, 0.15) is 22.8 Å². The van der Waals surface area contributed by atoms with Crippen LogP contribution < -0.4 is 10.1 Å². The van der Waals surface area contributed by atoms with Gasteiger partial charge in [-0.2, -0.15) is 0 Å². The summed E-state index contributed by atoms with van der Waals surface area (Å²) in [4.78, 5) is 38.4. The molecule has 130 valence electrons. The van der Waals surface area contributed by atoms with Gasteiger partial charge < -0.3 is 15.2 Å². The minimum absolute atomic E-state index is 0.0662. The fourth-order valence-corrected chi connectivity index (χ4v) is 2.16. The number of ether oxygens (including phenoxy) is 1. The highest BCUT2D eigenvalue weighted by Crippen LogP contribution is 2.13. The van der Waals surface area contributed by atoms with Gasteiger partial charge in [-0.25, -0.2) is 9.78 Å². The Morgan fingerprint density at radius 2 is 1.88 bits per heavy atom. The molecule has 0 spiro atoms. The summed E-state index contributed by atoms with van der Waals surface area (Å²) in [5.41, 5.74) is 0.874. The van der Waals surface area contributed by atoms with Crippen LogP contribution in [0.25, 0.3) is 0 Å². The molecular weight excluding hydrogens is 348 g/mol. The molecule has 1 atom stereocenters. The van der Waals surface area contributed by atoms with Crippen molar-refractivity contribution < 1.29 is 24.2 Å². The van der Waals surface area contributed by atoms with Gasteiger partial charge >= 0.3 is 11.9 Å². The summed E-state index contributed by atoms with van der Waals surface area (Å²) in [6, 6.07) is 7.86. The molecule has 2 rings (SSSR count). The minimum atomic E-state index is -1.17. The Morgan fingerprint density at radius 1 is 1.20 bits per heavy atom. The number of nitrogens with zero attached hydrogens (tertiary/aromatic N) is 1. The van der Waals surface area contributed by atoms with Crippen LogP contribution >= 0.6 is 11.6 Å². The van der Waals surface area contributed by atoms with Crippen LogP contribution in [0.5, 0.6) is 5.75 Å². The standard InChI is InChI=1S/C17H15ClN2O5/c1-10(21)25-13-5-3-12(4-6-13)16(22)20-14(17(23)24)8-11-2-7-15(18)19-9-11/h2-7,9,14H,8H2,1H3,(H,20,22)(H,23,24)/t14-/m1/s1. The number of rotatable bonds is 6. The second-order valence-corrected chi connectivity index (χ2v) is 5.56. The number of amides is 1. The lowest BCUT2D eigenvalue weighted by Gasteiger charge is -2.14. The van der Waals surface area contributed by atoms with Crippen molar-refractivity contribution in [1.29, 1.82) is 0 Å². The molecule has 2 aromatic rings. The highest BCUT2D eigenvalue weighted by atomic mass is 35.5. The van der Waals surface area contributed by atoms with Crippen molar-refractivity contribution >= 4 is 29.4 Å². The van der Waals surface area contributed by atoms with Gasteiger partial charge in [0.25, 0.3) is 5.91 Å². The zero-order valence-corrected chi connectivity index (χ0v) is 14.0. The molecule has 2 N–H and O–H groups in total. The third-order valence-electron chi connectivity index (χ3n) is 3.21. The zero-order valence-electron chi connectivity index (χ0n) is 13.2. The van der Waals surface area contributed by atoms with E-state index in [0.29, 0.717) is 16.5 Å². The Morgan fingerprint density at radius 3 is 2.40 bits per heavy atom. The summed E-state index contributed by atoms with van der Waals surface area (Å²) >= 11 is 5.69. The third kappa shape index (κ3) is 5.58. The van der Waals surface area contributed by atoms with Crippen LogP contribution in [0.15, 0.2) is 42.6 Å². The fourth-order valence-electron chi connectivity index (χ4n) is 2.04. The second kappa shape index (κ2) is 8.25. The molecule has 1 amide bonds. The van der Waals surface area contributed by atoms with Gasteiger partial charge in [-0.15, -0.1) is 0 Å². The number of halogens is 1. The molecule has 0 aliphatic rings. The van der Waals surface area contributed by atoms with E-state index in [-0.39, 0.29) is 12.0 Å². The molecule has 0 bridgehead atoms. The quantitative estimate of drug-likeness (QED) is 0.463. The van der Waals surface area contributed by atoms with E-state index >= 15 is 0 Å². The van der Waals surface area contributed by atoms with Crippen molar-refractivity contribution in [1.82, 2.24) is 10.3 Å². The Labute approximate surface area is 148 Å². The van der Waals surface area contributed by atoms with E-state index in [1.54, 1.807) is 12.1 Å². The molecule has 0 saturated heterocycles. The van der Waals surface area contributed by atoms with Crippen LogP contribution in [-0.4, -0.2) is 34.0 Å². The number of carboxylic acid groups (broad SMARTS) is 1. The first-order valence-electron chi connectivity index (χ1n) is 7.27. The normalized spacial score (nSPS) is 11.4. The van der Waals surface area contributed by atoms with Gasteiger partial charge in [0.2, 0.25) is 0 Å². The number of nitrogens with one attached hydrogen (secondary N) is 1. The highest BCUT2D eigenvalue weighted by Gasteiger charge is 2.21. The largest absolute Gasteiger partial charge is 0.480 e. The topological polar surface area (TPSA) is 106 Å². The van der Waals surface area contributed by atoms with Gasteiger partial charge in [-0.05, 0) is 35.9 Å². The Kier molecular flexibility index (Phi) is 6.08. The predicted molar refractivity (Wildman–Crippen MR) is 89.6 cm³/mol. The van der Waals surface area contributed by atoms with E-state index in [0.717, 1.165) is 0 Å². The van der Waals surface area contributed by atoms with E-state index in [2.05, 4.69) is 10.3 Å². The van der Waals surface area contributed by atoms with Crippen molar-refractivity contribution in [2.75, 3.05) is 0 Å². The number of carbonyl (C=O) groups is 3. The number of carboxylic acids is 1. The molecule has 1 aromatic carbocycles. The van der Waals surface area contributed by atoms with Crippen LogP contribution in [0.2, 0.25) is 5.15 Å². The number of aliphatic carboxylic acids is 1. The first-order chi connectivity index (χ1) is 11.8. The molecule has 0 fully saturated rings. The Balaban J connectivity index is 2.05. The maximum absolute atomic E-state index is 12.2. The minimum Gasteiger partial charge on any atom is -0.480 e. The molecule has 0 saturated carbocycles. The average Bonchev–Trinajstić information content (AvgIpc) is 2.56. The summed E-state index contributed by atoms with van der Waals surface area (Å²) in [6.45, 7) is 1.27. The molecule has 0 aliphatic carbocycles. The molecule has 1 heterocycles. The number of esters is 1. The first-order valence-corrected chi connectivity index (χ1v) is 7.65. The second-order valence-electron chi connectivity index (χ2n) is 5.18. The van der Waals surface area contributed by atoms with Gasteiger partial charge in [-0.1, -0.05) is 17.7 Å². The number of pyridine rings is 1. The van der Waals surface area contributed by atoms with Gasteiger partial charge in [0.05, 0.1) is 0 Å². The Bertz CT molecular complexity index is 775. The smallest absolute Gasteiger partial charge is 0.326 e. The zero-order chi connectivity index (χ0) is 18.4. The lowest BCUT2D eigenvalue weighted by atomic mass is 10.1. The summed E-state index contributed by atoms with van der Waals surface area (Å²) in [5.74, 6) is -1.89. The summed E-state index contributed by atoms with van der Waals surface area (Å²) < 4.78 is 4.87. The van der Waals surface area contributed by atoms with E-state index in [9.17, 15) is 19.5 Å². The van der Waals surface area contributed by atoms with Crippen molar-refractivity contribution in [3.05, 3.63) is 58.9 Å². The number of carbonyl (C=O) groups excluding carboxylic acids is 2. The van der Waals surface area contributed by atoms with Crippen molar-refractivity contribution in [3.8, 4) is 5.75 Å². The van der Waals surface area contributed by atoms with Crippen LogP contribution in [0, 0.1) is 0 Å². The maximum Gasteiger partial charge on any atom is 0.326 e. The molecule has 8 heteroatoms. The van der Waals surface area contributed by atoms with E-state index in [1.165, 1.54) is 37.4 Å². The number of aromatic nitrogens is 1. The fraction of sp³-hybridized carbons (Fsp3) is 0.176. The lowest BCUT2D eigenvalue weighted by molar-refractivity contribution is -0.139. The third-order valence-corrected chi connectivity index (χ3v) is 3.43. The average molecular weight is 363 g/mol.